The number of hydrogen-bond acceptors (Lipinski definition) is 5. The standard InChI is InChI=1S/C12H14N2O5S/c15-11(8-6-10(14(18)19)20-7-8)13-5-3-1-2-4-9(13)12(16)17/h6-7,9H,1-5H2,(H,16,17). The van der Waals surface area contributed by atoms with Crippen LogP contribution >= 0.6 is 11.3 Å². The summed E-state index contributed by atoms with van der Waals surface area (Å²) in [4.78, 5) is 35.0. The van der Waals surface area contributed by atoms with Gasteiger partial charge in [0.1, 0.15) is 6.04 Å². The molecule has 1 amide bonds. The molecule has 2 rings (SSSR count). The van der Waals surface area contributed by atoms with Gasteiger partial charge < -0.3 is 10.0 Å². The molecule has 0 spiro atoms. The SMILES string of the molecule is O=C(O)C1CCCCCN1C(=O)c1csc([N+](=O)[O-])c1. The Kier molecular flexibility index (Phi) is 4.33. The van der Waals surface area contributed by atoms with Gasteiger partial charge in [-0.05, 0) is 12.8 Å². The van der Waals surface area contributed by atoms with Crippen molar-refractivity contribution in [1.82, 2.24) is 4.90 Å². The minimum atomic E-state index is -1.02. The number of nitrogens with zero attached hydrogens (tertiary/aromatic N) is 2. The van der Waals surface area contributed by atoms with Gasteiger partial charge >= 0.3 is 11.0 Å². The van der Waals surface area contributed by atoms with Crippen molar-refractivity contribution in [3.8, 4) is 0 Å². The summed E-state index contributed by atoms with van der Waals surface area (Å²) < 4.78 is 0. The molecule has 20 heavy (non-hydrogen) atoms. The van der Waals surface area contributed by atoms with Crippen LogP contribution in [0, 0.1) is 10.1 Å². The van der Waals surface area contributed by atoms with Crippen molar-refractivity contribution >= 4 is 28.2 Å². The van der Waals surface area contributed by atoms with Gasteiger partial charge in [-0.2, -0.15) is 0 Å². The average Bonchev–Trinajstić information content (AvgIpc) is 2.76. The Morgan fingerprint density at radius 2 is 2.15 bits per heavy atom. The van der Waals surface area contributed by atoms with Crippen LogP contribution in [0.15, 0.2) is 11.4 Å². The van der Waals surface area contributed by atoms with Gasteiger partial charge in [0.2, 0.25) is 0 Å². The molecule has 1 aromatic heterocycles. The van der Waals surface area contributed by atoms with Crippen molar-refractivity contribution in [1.29, 1.82) is 0 Å². The lowest BCUT2D eigenvalue weighted by Crippen LogP contribution is -2.44. The van der Waals surface area contributed by atoms with Crippen LogP contribution in [0.5, 0.6) is 0 Å². The lowest BCUT2D eigenvalue weighted by atomic mass is 10.1. The zero-order valence-electron chi connectivity index (χ0n) is 10.7. The normalized spacial score (nSPS) is 19.4. The molecule has 1 aromatic rings. The van der Waals surface area contributed by atoms with E-state index in [1.165, 1.54) is 16.3 Å². The van der Waals surface area contributed by atoms with Gasteiger partial charge in [-0.25, -0.2) is 4.79 Å². The maximum absolute atomic E-state index is 12.3. The van der Waals surface area contributed by atoms with E-state index in [0.29, 0.717) is 13.0 Å². The second-order valence-electron chi connectivity index (χ2n) is 4.63. The molecule has 108 valence electrons. The zero-order chi connectivity index (χ0) is 14.7. The van der Waals surface area contributed by atoms with E-state index in [0.717, 1.165) is 30.6 Å². The first-order valence-corrected chi connectivity index (χ1v) is 7.15. The third-order valence-corrected chi connectivity index (χ3v) is 4.19. The van der Waals surface area contributed by atoms with Gasteiger partial charge in [0.25, 0.3) is 5.91 Å². The van der Waals surface area contributed by atoms with Gasteiger partial charge in [-0.15, -0.1) is 0 Å². The molecule has 0 bridgehead atoms. The smallest absolute Gasteiger partial charge is 0.326 e. The first-order valence-electron chi connectivity index (χ1n) is 6.27. The van der Waals surface area contributed by atoms with Crippen LogP contribution in [-0.4, -0.2) is 39.4 Å². The number of hydrogen-bond donors (Lipinski definition) is 1. The molecule has 0 radical (unpaired) electrons. The van der Waals surface area contributed by atoms with E-state index in [-0.39, 0.29) is 10.6 Å². The maximum atomic E-state index is 12.3. The van der Waals surface area contributed by atoms with Crippen LogP contribution in [-0.2, 0) is 4.79 Å². The fraction of sp³-hybridized carbons (Fsp3) is 0.500. The molecule has 0 saturated carbocycles. The van der Waals surface area contributed by atoms with Crippen LogP contribution in [0.1, 0.15) is 36.0 Å². The summed E-state index contributed by atoms with van der Waals surface area (Å²) in [6.07, 6.45) is 2.83. The Labute approximate surface area is 119 Å². The first-order chi connectivity index (χ1) is 9.50. The Morgan fingerprint density at radius 1 is 1.40 bits per heavy atom. The summed E-state index contributed by atoms with van der Waals surface area (Å²) in [5.74, 6) is -1.46. The summed E-state index contributed by atoms with van der Waals surface area (Å²) in [6.45, 7) is 0.374. The number of carbonyl (C=O) groups excluding carboxylic acids is 1. The third-order valence-electron chi connectivity index (χ3n) is 3.31. The number of aliphatic carboxylic acids is 1. The Bertz CT molecular complexity index is 542. The molecule has 1 aliphatic heterocycles. The summed E-state index contributed by atoms with van der Waals surface area (Å²) in [5.41, 5.74) is 0.190. The number of amides is 1. The first kappa shape index (κ1) is 14.4. The second kappa shape index (κ2) is 6.00. The van der Waals surface area contributed by atoms with Crippen molar-refractivity contribution in [2.75, 3.05) is 6.54 Å². The fourth-order valence-corrected chi connectivity index (χ4v) is 3.00. The highest BCUT2D eigenvalue weighted by atomic mass is 32.1. The van der Waals surface area contributed by atoms with E-state index < -0.39 is 22.8 Å². The minimum Gasteiger partial charge on any atom is -0.480 e. The third kappa shape index (κ3) is 2.96. The van der Waals surface area contributed by atoms with E-state index >= 15 is 0 Å². The Morgan fingerprint density at radius 3 is 2.75 bits per heavy atom. The largest absolute Gasteiger partial charge is 0.480 e. The van der Waals surface area contributed by atoms with Crippen molar-refractivity contribution in [3.63, 3.8) is 0 Å². The molecule has 0 aromatic carbocycles. The molecule has 1 saturated heterocycles. The number of likely N-dealkylation sites (tertiary alicyclic amines) is 1. The summed E-state index contributed by atoms with van der Waals surface area (Å²) in [5, 5.41) is 21.2. The lowest BCUT2D eigenvalue weighted by molar-refractivity contribution is -0.380. The summed E-state index contributed by atoms with van der Waals surface area (Å²) in [6, 6.07) is 0.362. The van der Waals surface area contributed by atoms with Crippen molar-refractivity contribution in [3.05, 3.63) is 27.1 Å². The molecule has 1 unspecified atom stereocenters. The van der Waals surface area contributed by atoms with Gasteiger partial charge in [-0.1, -0.05) is 24.2 Å². The van der Waals surface area contributed by atoms with Gasteiger partial charge in [0, 0.05) is 18.0 Å². The van der Waals surface area contributed by atoms with E-state index in [2.05, 4.69) is 0 Å². The van der Waals surface area contributed by atoms with Crippen LogP contribution < -0.4 is 0 Å². The lowest BCUT2D eigenvalue weighted by Gasteiger charge is -2.26. The van der Waals surface area contributed by atoms with Gasteiger partial charge in [-0.3, -0.25) is 14.9 Å². The Balaban J connectivity index is 2.23. The van der Waals surface area contributed by atoms with Crippen molar-refractivity contribution < 1.29 is 19.6 Å². The number of carboxylic acids is 1. The molecule has 0 aliphatic carbocycles. The van der Waals surface area contributed by atoms with Crippen LogP contribution in [0.25, 0.3) is 0 Å². The Hall–Kier alpha value is -1.96. The zero-order valence-corrected chi connectivity index (χ0v) is 11.5. The maximum Gasteiger partial charge on any atom is 0.326 e. The van der Waals surface area contributed by atoms with Crippen molar-refractivity contribution in [2.24, 2.45) is 0 Å². The van der Waals surface area contributed by atoms with Crippen LogP contribution in [0.2, 0.25) is 0 Å². The fourth-order valence-electron chi connectivity index (χ4n) is 2.31. The highest BCUT2D eigenvalue weighted by molar-refractivity contribution is 7.13. The van der Waals surface area contributed by atoms with Gasteiger partial charge in [0.05, 0.1) is 10.5 Å². The monoisotopic (exact) mass is 298 g/mol. The van der Waals surface area contributed by atoms with E-state index in [4.69, 9.17) is 0 Å². The molecular formula is C12H14N2O5S. The minimum absolute atomic E-state index is 0.116. The van der Waals surface area contributed by atoms with E-state index in [1.807, 2.05) is 0 Å². The highest BCUT2D eigenvalue weighted by Crippen LogP contribution is 2.26. The molecular weight excluding hydrogens is 284 g/mol. The average molecular weight is 298 g/mol. The molecule has 8 heteroatoms. The van der Waals surface area contributed by atoms with Crippen molar-refractivity contribution in [2.45, 2.75) is 31.7 Å². The highest BCUT2D eigenvalue weighted by Gasteiger charge is 2.32. The number of carboxylic acid groups (broad SMARTS) is 1. The number of nitro groups is 1. The molecule has 1 N–H and O–H groups in total. The predicted octanol–water partition coefficient (Wildman–Crippen LogP) is 2.13. The van der Waals surface area contributed by atoms with Gasteiger partial charge in [0.15, 0.2) is 0 Å². The summed E-state index contributed by atoms with van der Waals surface area (Å²) >= 11 is 0.871. The quantitative estimate of drug-likeness (QED) is 0.680. The van der Waals surface area contributed by atoms with Crippen LogP contribution in [0.3, 0.4) is 0 Å². The molecule has 1 fully saturated rings. The molecule has 1 aliphatic rings. The molecule has 2 heterocycles. The van der Waals surface area contributed by atoms with Crippen LogP contribution in [0.4, 0.5) is 5.00 Å². The number of rotatable bonds is 3. The second-order valence-corrected chi connectivity index (χ2v) is 5.52. The van der Waals surface area contributed by atoms with E-state index in [1.54, 1.807) is 0 Å². The molecule has 7 nitrogen and oxygen atoms in total. The summed E-state index contributed by atoms with van der Waals surface area (Å²) in [7, 11) is 0. The topological polar surface area (TPSA) is 101 Å². The molecule has 1 atom stereocenters. The van der Waals surface area contributed by atoms with E-state index in [9.17, 15) is 24.8 Å². The number of thiophene rings is 1. The number of carbonyl (C=O) groups is 2. The predicted molar refractivity (Wildman–Crippen MR) is 71.9 cm³/mol.